The number of aryl methyl sites for hydroxylation is 1. The van der Waals surface area contributed by atoms with Crippen molar-refractivity contribution in [3.8, 4) is 0 Å². The molecule has 0 unspecified atom stereocenters. The second-order valence-corrected chi connectivity index (χ2v) is 4.85. The first kappa shape index (κ1) is 12.7. The third-order valence-corrected chi connectivity index (χ3v) is 3.65. The van der Waals surface area contributed by atoms with E-state index in [-0.39, 0.29) is 0 Å². The summed E-state index contributed by atoms with van der Waals surface area (Å²) in [7, 11) is 0. The van der Waals surface area contributed by atoms with Gasteiger partial charge in [-0.2, -0.15) is 0 Å². The minimum absolute atomic E-state index is 0.829. The highest BCUT2D eigenvalue weighted by Crippen LogP contribution is 2.27. The van der Waals surface area contributed by atoms with E-state index in [1.807, 2.05) is 0 Å². The topological polar surface area (TPSA) is 40.5 Å². The molecule has 0 bridgehead atoms. The summed E-state index contributed by atoms with van der Waals surface area (Å²) in [5.41, 5.74) is 4.95. The van der Waals surface area contributed by atoms with Gasteiger partial charge in [0.1, 0.15) is 0 Å². The van der Waals surface area contributed by atoms with Crippen LogP contribution in [0.5, 0.6) is 0 Å². The molecule has 18 heavy (non-hydrogen) atoms. The summed E-state index contributed by atoms with van der Waals surface area (Å²) in [6.45, 7) is 6.08. The van der Waals surface area contributed by atoms with Gasteiger partial charge in [0, 0.05) is 24.9 Å². The van der Waals surface area contributed by atoms with Crippen molar-refractivity contribution in [2.45, 2.75) is 26.7 Å². The number of nitrogens with zero attached hydrogens (tertiary/aromatic N) is 1. The van der Waals surface area contributed by atoms with Crippen LogP contribution < -0.4 is 4.90 Å². The maximum absolute atomic E-state index is 10.6. The van der Waals surface area contributed by atoms with Crippen LogP contribution in [0.25, 0.3) is 0 Å². The zero-order chi connectivity index (χ0) is 13.1. The fourth-order valence-electron chi connectivity index (χ4n) is 2.43. The van der Waals surface area contributed by atoms with Crippen LogP contribution in [0.2, 0.25) is 0 Å². The van der Waals surface area contributed by atoms with Crippen LogP contribution in [0.1, 0.15) is 24.0 Å². The average molecular weight is 245 g/mol. The lowest BCUT2D eigenvalue weighted by molar-refractivity contribution is -0.131. The highest BCUT2D eigenvalue weighted by atomic mass is 16.4. The van der Waals surface area contributed by atoms with E-state index >= 15 is 0 Å². The summed E-state index contributed by atoms with van der Waals surface area (Å²) in [6, 6.07) is 6.35. The van der Waals surface area contributed by atoms with Gasteiger partial charge in [-0.1, -0.05) is 17.7 Å². The molecular formula is C15H19NO2. The number of piperidine rings is 1. The Morgan fingerprint density at radius 2 is 1.94 bits per heavy atom. The lowest BCUT2D eigenvalue weighted by Crippen LogP contribution is -2.31. The van der Waals surface area contributed by atoms with Gasteiger partial charge in [0.05, 0.1) is 0 Å². The van der Waals surface area contributed by atoms with Crippen molar-refractivity contribution in [3.63, 3.8) is 0 Å². The SMILES string of the molecule is Cc1cccc(N2CCC(=CC(=O)O)CC2)c1C. The predicted molar refractivity (Wildman–Crippen MR) is 73.1 cm³/mol. The Morgan fingerprint density at radius 1 is 1.28 bits per heavy atom. The molecule has 0 amide bonds. The van der Waals surface area contributed by atoms with Crippen LogP contribution in [0.15, 0.2) is 29.8 Å². The van der Waals surface area contributed by atoms with E-state index in [1.54, 1.807) is 0 Å². The summed E-state index contributed by atoms with van der Waals surface area (Å²) in [6.07, 6.45) is 3.06. The monoisotopic (exact) mass is 245 g/mol. The number of hydrogen-bond donors (Lipinski definition) is 1. The number of benzene rings is 1. The van der Waals surface area contributed by atoms with Crippen molar-refractivity contribution >= 4 is 11.7 Å². The molecule has 1 aromatic carbocycles. The number of hydrogen-bond acceptors (Lipinski definition) is 2. The van der Waals surface area contributed by atoms with Crippen molar-refractivity contribution in [1.29, 1.82) is 0 Å². The largest absolute Gasteiger partial charge is 0.478 e. The van der Waals surface area contributed by atoms with Crippen LogP contribution in [0.4, 0.5) is 5.69 Å². The third kappa shape index (κ3) is 2.73. The van der Waals surface area contributed by atoms with Gasteiger partial charge in [-0.3, -0.25) is 0 Å². The maximum atomic E-state index is 10.6. The Kier molecular flexibility index (Phi) is 3.70. The number of anilines is 1. The van der Waals surface area contributed by atoms with Gasteiger partial charge in [0.25, 0.3) is 0 Å². The molecule has 1 aromatic rings. The van der Waals surface area contributed by atoms with E-state index in [0.29, 0.717) is 0 Å². The maximum Gasteiger partial charge on any atom is 0.328 e. The lowest BCUT2D eigenvalue weighted by atomic mass is 10.0. The fourth-order valence-corrected chi connectivity index (χ4v) is 2.43. The van der Waals surface area contributed by atoms with E-state index in [1.165, 1.54) is 22.9 Å². The molecule has 3 heteroatoms. The van der Waals surface area contributed by atoms with Crippen LogP contribution in [0.3, 0.4) is 0 Å². The van der Waals surface area contributed by atoms with Crippen molar-refractivity contribution in [2.75, 3.05) is 18.0 Å². The Labute approximate surface area is 108 Å². The number of aliphatic carboxylic acids is 1. The van der Waals surface area contributed by atoms with Gasteiger partial charge in [-0.15, -0.1) is 0 Å². The first-order valence-corrected chi connectivity index (χ1v) is 6.31. The van der Waals surface area contributed by atoms with E-state index in [0.717, 1.165) is 31.5 Å². The second-order valence-electron chi connectivity index (χ2n) is 4.85. The standard InChI is InChI=1S/C15H19NO2/c1-11-4-3-5-14(12(11)2)16-8-6-13(7-9-16)10-15(17)18/h3-5,10H,6-9H2,1-2H3,(H,17,18). The molecule has 96 valence electrons. The fraction of sp³-hybridized carbons (Fsp3) is 0.400. The normalized spacial score (nSPS) is 15.7. The highest BCUT2D eigenvalue weighted by molar-refractivity contribution is 5.80. The van der Waals surface area contributed by atoms with Gasteiger partial charge in [0.15, 0.2) is 0 Å². The number of carboxylic acid groups (broad SMARTS) is 1. The molecule has 3 nitrogen and oxygen atoms in total. The van der Waals surface area contributed by atoms with Crippen LogP contribution >= 0.6 is 0 Å². The van der Waals surface area contributed by atoms with Crippen molar-refractivity contribution in [2.24, 2.45) is 0 Å². The van der Waals surface area contributed by atoms with E-state index in [9.17, 15) is 4.79 Å². The van der Waals surface area contributed by atoms with Gasteiger partial charge < -0.3 is 10.0 Å². The number of rotatable bonds is 2. The molecule has 1 heterocycles. The molecule has 0 spiro atoms. The zero-order valence-corrected chi connectivity index (χ0v) is 10.9. The van der Waals surface area contributed by atoms with Gasteiger partial charge in [-0.05, 0) is 43.9 Å². The molecule has 1 aliphatic heterocycles. The minimum Gasteiger partial charge on any atom is -0.478 e. The summed E-state index contributed by atoms with van der Waals surface area (Å²) in [5.74, 6) is -0.829. The third-order valence-electron chi connectivity index (χ3n) is 3.65. The summed E-state index contributed by atoms with van der Waals surface area (Å²) in [5, 5.41) is 8.74. The predicted octanol–water partition coefficient (Wildman–Crippen LogP) is 2.91. The Bertz CT molecular complexity index is 481. The summed E-state index contributed by atoms with van der Waals surface area (Å²) < 4.78 is 0. The molecule has 1 saturated heterocycles. The van der Waals surface area contributed by atoms with Gasteiger partial charge in [-0.25, -0.2) is 4.79 Å². The van der Waals surface area contributed by atoms with E-state index in [2.05, 4.69) is 36.9 Å². The van der Waals surface area contributed by atoms with Crippen molar-refractivity contribution in [3.05, 3.63) is 41.0 Å². The Balaban J connectivity index is 2.10. The van der Waals surface area contributed by atoms with Gasteiger partial charge in [0.2, 0.25) is 0 Å². The number of carboxylic acids is 1. The summed E-state index contributed by atoms with van der Waals surface area (Å²) in [4.78, 5) is 13.0. The summed E-state index contributed by atoms with van der Waals surface area (Å²) >= 11 is 0. The Hall–Kier alpha value is -1.77. The lowest BCUT2D eigenvalue weighted by Gasteiger charge is -2.31. The molecule has 0 saturated carbocycles. The quantitative estimate of drug-likeness (QED) is 0.814. The molecule has 1 aliphatic rings. The van der Waals surface area contributed by atoms with Crippen LogP contribution in [0, 0.1) is 13.8 Å². The molecule has 1 N–H and O–H groups in total. The molecule has 0 aromatic heterocycles. The molecule has 1 fully saturated rings. The smallest absolute Gasteiger partial charge is 0.328 e. The molecular weight excluding hydrogens is 226 g/mol. The van der Waals surface area contributed by atoms with E-state index < -0.39 is 5.97 Å². The van der Waals surface area contributed by atoms with Crippen LogP contribution in [-0.2, 0) is 4.79 Å². The molecule has 0 atom stereocenters. The van der Waals surface area contributed by atoms with Gasteiger partial charge >= 0.3 is 5.97 Å². The van der Waals surface area contributed by atoms with E-state index in [4.69, 9.17) is 5.11 Å². The number of carbonyl (C=O) groups is 1. The molecule has 0 aliphatic carbocycles. The molecule has 2 rings (SSSR count). The van der Waals surface area contributed by atoms with Crippen molar-refractivity contribution < 1.29 is 9.90 Å². The highest BCUT2D eigenvalue weighted by Gasteiger charge is 2.16. The Morgan fingerprint density at radius 3 is 2.56 bits per heavy atom. The second kappa shape index (κ2) is 5.25. The average Bonchev–Trinajstić information content (AvgIpc) is 2.33. The van der Waals surface area contributed by atoms with Crippen molar-refractivity contribution in [1.82, 2.24) is 0 Å². The molecule has 0 radical (unpaired) electrons. The first-order valence-electron chi connectivity index (χ1n) is 6.31. The zero-order valence-electron chi connectivity index (χ0n) is 10.9. The minimum atomic E-state index is -0.829. The van der Waals surface area contributed by atoms with Crippen LogP contribution in [-0.4, -0.2) is 24.2 Å². The first-order chi connectivity index (χ1) is 8.58.